The first kappa shape index (κ1) is 52.2. The van der Waals surface area contributed by atoms with Crippen molar-refractivity contribution in [3.05, 3.63) is 97.4 Å². The van der Waals surface area contributed by atoms with Gasteiger partial charge in [-0.1, -0.05) is 163 Å². The average Bonchev–Trinajstić information content (AvgIpc) is 3.17. The number of esters is 1. The number of allylic oxidation sites excluding steroid dienone is 13. The number of ether oxygens (including phenoxy) is 2. The number of unbranched alkanes of at least 4 members (excludes halogenated alkanes) is 11. The average molecular weight is 790 g/mol. The second-order valence-electron chi connectivity index (χ2n) is 13.4. The first-order valence-corrected chi connectivity index (χ1v) is 22.4. The minimum atomic E-state index is -4.33. The molecule has 0 amide bonds. The summed E-state index contributed by atoms with van der Waals surface area (Å²) in [5.41, 5.74) is 5.35. The van der Waals surface area contributed by atoms with E-state index in [1.807, 2.05) is 42.5 Å². The van der Waals surface area contributed by atoms with Crippen LogP contribution < -0.4 is 5.73 Å². The lowest BCUT2D eigenvalue weighted by Gasteiger charge is -2.19. The molecule has 4 N–H and O–H groups in total. The summed E-state index contributed by atoms with van der Waals surface area (Å²) in [4.78, 5) is 22.4. The Hall–Kier alpha value is -2.78. The molecule has 0 aromatic carbocycles. The lowest BCUT2D eigenvalue weighted by Crippen LogP contribution is -2.27. The van der Waals surface area contributed by atoms with Crippen LogP contribution in [-0.2, 0) is 27.9 Å². The van der Waals surface area contributed by atoms with Gasteiger partial charge in [0, 0.05) is 13.0 Å². The molecule has 0 saturated heterocycles. The van der Waals surface area contributed by atoms with Crippen molar-refractivity contribution in [2.45, 2.75) is 154 Å². The quantitative estimate of drug-likeness (QED) is 0.0139. The number of nitrogens with two attached hydrogens (primary N) is 1. The fourth-order valence-corrected chi connectivity index (χ4v) is 5.88. The summed E-state index contributed by atoms with van der Waals surface area (Å²) in [6.45, 7) is 3.86. The molecule has 55 heavy (non-hydrogen) atoms. The monoisotopic (exact) mass is 790 g/mol. The summed E-state index contributed by atoms with van der Waals surface area (Å²) in [5, 5.41) is 9.83. The molecule has 0 aromatic rings. The zero-order chi connectivity index (χ0) is 40.3. The molecule has 9 nitrogen and oxygen atoms in total. The number of carbonyl (C=O) groups excluding carboxylic acids is 1. The first-order valence-electron chi connectivity index (χ1n) is 20.9. The van der Waals surface area contributed by atoms with Crippen molar-refractivity contribution in [2.75, 3.05) is 26.4 Å². The summed E-state index contributed by atoms with van der Waals surface area (Å²) < 4.78 is 33.0. The van der Waals surface area contributed by atoms with Crippen molar-refractivity contribution in [3.63, 3.8) is 0 Å². The fourth-order valence-electron chi connectivity index (χ4n) is 5.12. The minimum Gasteiger partial charge on any atom is -0.498 e. The second kappa shape index (κ2) is 40.9. The molecule has 0 aliphatic carbocycles. The van der Waals surface area contributed by atoms with Gasteiger partial charge in [-0.3, -0.25) is 13.8 Å². The van der Waals surface area contributed by atoms with Crippen LogP contribution in [0.15, 0.2) is 97.4 Å². The number of hydrogen-bond acceptors (Lipinski definition) is 8. The van der Waals surface area contributed by atoms with Crippen LogP contribution in [0.4, 0.5) is 0 Å². The molecule has 3 unspecified atom stereocenters. The Balaban J connectivity index is 4.35. The molecule has 0 aromatic heterocycles. The van der Waals surface area contributed by atoms with Gasteiger partial charge in [0.15, 0.2) is 6.10 Å². The molecule has 0 radical (unpaired) electrons. The first-order chi connectivity index (χ1) is 26.8. The van der Waals surface area contributed by atoms with Crippen LogP contribution in [0.2, 0.25) is 0 Å². The van der Waals surface area contributed by atoms with Crippen LogP contribution in [0.5, 0.6) is 0 Å². The third-order valence-corrected chi connectivity index (χ3v) is 9.16. The lowest BCUT2D eigenvalue weighted by atomic mass is 10.1. The molecule has 0 saturated carbocycles. The Morgan fingerprint density at radius 2 is 1.25 bits per heavy atom. The number of hydrogen-bond donors (Lipinski definition) is 3. The number of aliphatic hydroxyl groups excluding tert-OH is 1. The third kappa shape index (κ3) is 40.7. The van der Waals surface area contributed by atoms with E-state index in [0.717, 1.165) is 38.5 Å². The van der Waals surface area contributed by atoms with E-state index in [1.165, 1.54) is 70.6 Å². The molecule has 0 heterocycles. The Labute approximate surface area is 334 Å². The van der Waals surface area contributed by atoms with Crippen LogP contribution in [0, 0.1) is 0 Å². The number of phosphoric acid groups is 1. The summed E-state index contributed by atoms with van der Waals surface area (Å²) in [7, 11) is -4.33. The molecule has 0 bridgehead atoms. The Morgan fingerprint density at radius 1 is 0.673 bits per heavy atom. The maximum atomic E-state index is 12.5. The van der Waals surface area contributed by atoms with Crippen molar-refractivity contribution < 1.29 is 37.9 Å². The predicted molar refractivity (Wildman–Crippen MR) is 229 cm³/mol. The number of phosphoric ester groups is 1. The Morgan fingerprint density at radius 3 is 1.89 bits per heavy atom. The zero-order valence-corrected chi connectivity index (χ0v) is 35.1. The van der Waals surface area contributed by atoms with Crippen LogP contribution in [0.3, 0.4) is 0 Å². The second-order valence-corrected chi connectivity index (χ2v) is 14.8. The zero-order valence-electron chi connectivity index (χ0n) is 34.2. The molecule has 0 spiro atoms. The van der Waals surface area contributed by atoms with Crippen molar-refractivity contribution >= 4 is 13.8 Å². The van der Waals surface area contributed by atoms with Crippen LogP contribution in [0.25, 0.3) is 0 Å². The van der Waals surface area contributed by atoms with E-state index >= 15 is 0 Å². The molecule has 0 aliphatic heterocycles. The summed E-state index contributed by atoms with van der Waals surface area (Å²) >= 11 is 0. The van der Waals surface area contributed by atoms with Gasteiger partial charge in [0.05, 0.1) is 25.6 Å². The van der Waals surface area contributed by atoms with Crippen LogP contribution in [0.1, 0.15) is 142 Å². The van der Waals surface area contributed by atoms with Gasteiger partial charge < -0.3 is 25.2 Å². The standard InChI is InChI=1S/C45H76NO8P/c1-3-5-7-8-9-10-11-12-13-14-18-21-24-27-30-34-39-51-41-44(42-53-55(49,50)52-40-38-46)54-45(48)37-33-29-26-23-20-17-15-16-19-22-25-28-32-36-43(47)35-31-6-4-2/h6,16-17,19-20,24-29,31-32,34,36,39,43-44,47H,3-5,7-15,18,21-23,30,33,35,37-38,40-42,46H2,1-2H3,(H,49,50)/b19-16-,20-17-,27-24-,28-25-,29-26-,31-6-,36-32-,39-34-. The molecule has 3 atom stereocenters. The van der Waals surface area contributed by atoms with Crippen LogP contribution >= 0.6 is 7.82 Å². The molecule has 0 aliphatic rings. The topological polar surface area (TPSA) is 138 Å². The SMILES string of the molecule is CC/C=C\CC(O)/C=C\C=C/C/C=C\C/C=C\C/C=C\CCC(=O)OC(CO/C=C\C/C=C\CCCCCCCCCCCCC)COP(=O)(O)OCCN. The van der Waals surface area contributed by atoms with Crippen molar-refractivity contribution in [1.82, 2.24) is 0 Å². The lowest BCUT2D eigenvalue weighted by molar-refractivity contribution is -0.153. The van der Waals surface area contributed by atoms with E-state index in [1.54, 1.807) is 12.3 Å². The molecule has 0 rings (SSSR count). The highest BCUT2D eigenvalue weighted by Crippen LogP contribution is 2.43. The number of rotatable bonds is 38. The van der Waals surface area contributed by atoms with Gasteiger partial charge in [-0.25, -0.2) is 4.57 Å². The Kier molecular flexibility index (Phi) is 38.8. The van der Waals surface area contributed by atoms with Crippen molar-refractivity contribution in [2.24, 2.45) is 5.73 Å². The molecule has 0 fully saturated rings. The summed E-state index contributed by atoms with van der Waals surface area (Å²) in [6.07, 6.45) is 51.5. The summed E-state index contributed by atoms with van der Waals surface area (Å²) in [6, 6.07) is 0. The van der Waals surface area contributed by atoms with Gasteiger partial charge in [0.25, 0.3) is 0 Å². The van der Waals surface area contributed by atoms with Gasteiger partial charge in [-0.15, -0.1) is 0 Å². The van der Waals surface area contributed by atoms with Crippen molar-refractivity contribution in [1.29, 1.82) is 0 Å². The van der Waals surface area contributed by atoms with Gasteiger partial charge in [0.1, 0.15) is 6.61 Å². The van der Waals surface area contributed by atoms with E-state index in [-0.39, 0.29) is 32.8 Å². The van der Waals surface area contributed by atoms with E-state index < -0.39 is 26.0 Å². The van der Waals surface area contributed by atoms with Gasteiger partial charge in [-0.05, 0) is 63.9 Å². The highest BCUT2D eigenvalue weighted by Gasteiger charge is 2.25. The van der Waals surface area contributed by atoms with E-state index in [0.29, 0.717) is 12.8 Å². The maximum Gasteiger partial charge on any atom is 0.472 e. The van der Waals surface area contributed by atoms with E-state index in [9.17, 15) is 19.4 Å². The predicted octanol–water partition coefficient (Wildman–Crippen LogP) is 11.6. The molecular weight excluding hydrogens is 713 g/mol. The van der Waals surface area contributed by atoms with Gasteiger partial charge >= 0.3 is 13.8 Å². The van der Waals surface area contributed by atoms with E-state index in [4.69, 9.17) is 24.3 Å². The number of aliphatic hydroxyl groups is 1. The highest BCUT2D eigenvalue weighted by atomic mass is 31.2. The van der Waals surface area contributed by atoms with Gasteiger partial charge in [-0.2, -0.15) is 0 Å². The fraction of sp³-hybridized carbons (Fsp3) is 0.622. The van der Waals surface area contributed by atoms with Gasteiger partial charge in [0.2, 0.25) is 0 Å². The molecular formula is C45H76NO8P. The Bertz CT molecular complexity index is 1170. The normalized spacial score (nSPS) is 15.0. The largest absolute Gasteiger partial charge is 0.498 e. The highest BCUT2D eigenvalue weighted by molar-refractivity contribution is 7.47. The molecule has 10 heteroatoms. The smallest absolute Gasteiger partial charge is 0.472 e. The summed E-state index contributed by atoms with van der Waals surface area (Å²) in [5.74, 6) is -0.461. The maximum absolute atomic E-state index is 12.5. The van der Waals surface area contributed by atoms with Crippen molar-refractivity contribution in [3.8, 4) is 0 Å². The van der Waals surface area contributed by atoms with Crippen LogP contribution in [-0.4, -0.2) is 54.5 Å². The van der Waals surface area contributed by atoms with E-state index in [2.05, 4.69) is 56.4 Å². The third-order valence-electron chi connectivity index (χ3n) is 8.17. The minimum absolute atomic E-state index is 0.0364. The number of carbonyl (C=O) groups is 1. The molecule has 314 valence electrons.